The fraction of sp³-hybridized carbons (Fsp3) is 0.375. The number of amides is 2. The van der Waals surface area contributed by atoms with Crippen LogP contribution in [0.4, 0.5) is 4.79 Å². The molecular formula is C16H19N3O3. The number of aromatic amines is 1. The predicted octanol–water partition coefficient (Wildman–Crippen LogP) is 2.29. The van der Waals surface area contributed by atoms with Crippen LogP contribution < -0.4 is 5.32 Å². The van der Waals surface area contributed by atoms with E-state index in [1.165, 1.54) is 4.90 Å². The number of nitrogens with one attached hydrogen (secondary N) is 2. The molecule has 1 aromatic carbocycles. The Bertz CT molecular complexity index is 687. The lowest BCUT2D eigenvalue weighted by Crippen LogP contribution is -2.40. The molecule has 3 rings (SSSR count). The molecule has 0 aliphatic carbocycles. The number of rotatable bonds is 3. The number of H-pyrrole nitrogens is 1. The van der Waals surface area contributed by atoms with E-state index in [0.29, 0.717) is 31.1 Å². The lowest BCUT2D eigenvalue weighted by Gasteiger charge is -2.29. The standard InChI is InChI=1S/C16H19N3O3/c20-15(13-2-1-12-3-6-17-14(12)9-13)18-10-11-4-7-19(8-5-11)16(21)22/h1-3,6,9,11,17H,4-5,7-8,10H2,(H,18,20)(H,21,22). The van der Waals surface area contributed by atoms with Gasteiger partial charge < -0.3 is 20.3 Å². The Kier molecular flexibility index (Phi) is 4.00. The maximum Gasteiger partial charge on any atom is 0.407 e. The number of hydrogen-bond acceptors (Lipinski definition) is 2. The number of carbonyl (C=O) groups is 2. The summed E-state index contributed by atoms with van der Waals surface area (Å²) in [6.07, 6.45) is 2.58. The summed E-state index contributed by atoms with van der Waals surface area (Å²) in [7, 11) is 0. The maximum atomic E-state index is 12.2. The summed E-state index contributed by atoms with van der Waals surface area (Å²) in [4.78, 5) is 27.6. The molecule has 2 aromatic rings. The van der Waals surface area contributed by atoms with Crippen LogP contribution in [0.15, 0.2) is 30.5 Å². The molecule has 1 aliphatic heterocycles. The first kappa shape index (κ1) is 14.4. The highest BCUT2D eigenvalue weighted by Gasteiger charge is 2.22. The van der Waals surface area contributed by atoms with Gasteiger partial charge in [-0.05, 0) is 42.3 Å². The lowest BCUT2D eigenvalue weighted by atomic mass is 9.97. The highest BCUT2D eigenvalue weighted by molar-refractivity contribution is 5.97. The molecular weight excluding hydrogens is 282 g/mol. The second-order valence-electron chi connectivity index (χ2n) is 5.70. The van der Waals surface area contributed by atoms with E-state index < -0.39 is 6.09 Å². The first-order chi connectivity index (χ1) is 10.6. The minimum Gasteiger partial charge on any atom is -0.465 e. The van der Waals surface area contributed by atoms with Gasteiger partial charge >= 0.3 is 6.09 Å². The van der Waals surface area contributed by atoms with E-state index in [2.05, 4.69) is 10.3 Å². The van der Waals surface area contributed by atoms with Crippen molar-refractivity contribution in [1.82, 2.24) is 15.2 Å². The number of carboxylic acid groups (broad SMARTS) is 1. The monoisotopic (exact) mass is 301 g/mol. The Balaban J connectivity index is 1.53. The molecule has 0 unspecified atom stereocenters. The second kappa shape index (κ2) is 6.09. The van der Waals surface area contributed by atoms with Crippen molar-refractivity contribution in [3.63, 3.8) is 0 Å². The number of carbonyl (C=O) groups excluding carboxylic acids is 1. The summed E-state index contributed by atoms with van der Waals surface area (Å²) in [6, 6.07) is 7.55. The molecule has 1 saturated heterocycles. The van der Waals surface area contributed by atoms with Crippen molar-refractivity contribution in [3.8, 4) is 0 Å². The summed E-state index contributed by atoms with van der Waals surface area (Å²) in [5, 5.41) is 12.9. The molecule has 6 heteroatoms. The van der Waals surface area contributed by atoms with Crippen LogP contribution in [0.5, 0.6) is 0 Å². The van der Waals surface area contributed by atoms with Crippen LogP contribution in [0.2, 0.25) is 0 Å². The van der Waals surface area contributed by atoms with Gasteiger partial charge in [0.05, 0.1) is 0 Å². The molecule has 3 N–H and O–H groups in total. The van der Waals surface area contributed by atoms with E-state index >= 15 is 0 Å². The lowest BCUT2D eigenvalue weighted by molar-refractivity contribution is 0.0929. The number of nitrogens with zero attached hydrogens (tertiary/aromatic N) is 1. The Labute approximate surface area is 128 Å². The van der Waals surface area contributed by atoms with Gasteiger partial charge in [-0.1, -0.05) is 6.07 Å². The molecule has 6 nitrogen and oxygen atoms in total. The van der Waals surface area contributed by atoms with Gasteiger partial charge in [-0.3, -0.25) is 4.79 Å². The van der Waals surface area contributed by atoms with Crippen LogP contribution in [0.1, 0.15) is 23.2 Å². The summed E-state index contributed by atoms with van der Waals surface area (Å²) >= 11 is 0. The minimum absolute atomic E-state index is 0.0860. The average molecular weight is 301 g/mol. The van der Waals surface area contributed by atoms with Crippen molar-refractivity contribution in [1.29, 1.82) is 0 Å². The van der Waals surface area contributed by atoms with Crippen molar-refractivity contribution >= 4 is 22.9 Å². The van der Waals surface area contributed by atoms with Gasteiger partial charge in [0.15, 0.2) is 0 Å². The third-order valence-corrected chi connectivity index (χ3v) is 4.25. The Morgan fingerprint density at radius 1 is 1.27 bits per heavy atom. The molecule has 1 aromatic heterocycles. The minimum atomic E-state index is -0.860. The zero-order chi connectivity index (χ0) is 15.5. The zero-order valence-electron chi connectivity index (χ0n) is 12.2. The fourth-order valence-electron chi connectivity index (χ4n) is 2.86. The molecule has 1 fully saturated rings. The SMILES string of the molecule is O=C(NCC1CCN(C(=O)O)CC1)c1ccc2cc[nH]c2c1. The number of benzene rings is 1. The van der Waals surface area contributed by atoms with Crippen molar-refractivity contribution in [2.24, 2.45) is 5.92 Å². The first-order valence-electron chi connectivity index (χ1n) is 7.46. The van der Waals surface area contributed by atoms with Crippen LogP contribution in [-0.2, 0) is 0 Å². The van der Waals surface area contributed by atoms with E-state index in [0.717, 1.165) is 23.7 Å². The van der Waals surface area contributed by atoms with Crippen LogP contribution in [0.3, 0.4) is 0 Å². The summed E-state index contributed by atoms with van der Waals surface area (Å²) in [5.74, 6) is 0.255. The quantitative estimate of drug-likeness (QED) is 0.813. The normalized spacial score (nSPS) is 15.9. The maximum absolute atomic E-state index is 12.2. The van der Waals surface area contributed by atoms with Crippen molar-refractivity contribution < 1.29 is 14.7 Å². The topological polar surface area (TPSA) is 85.4 Å². The van der Waals surface area contributed by atoms with Gasteiger partial charge in [0.2, 0.25) is 0 Å². The molecule has 2 heterocycles. The fourth-order valence-corrected chi connectivity index (χ4v) is 2.86. The molecule has 1 aliphatic rings. The van der Waals surface area contributed by atoms with E-state index in [1.807, 2.05) is 30.5 Å². The smallest absolute Gasteiger partial charge is 0.407 e. The van der Waals surface area contributed by atoms with Crippen molar-refractivity contribution in [2.75, 3.05) is 19.6 Å². The Morgan fingerprint density at radius 2 is 2.05 bits per heavy atom. The molecule has 0 radical (unpaired) electrons. The highest BCUT2D eigenvalue weighted by Crippen LogP contribution is 2.17. The van der Waals surface area contributed by atoms with E-state index in [4.69, 9.17) is 5.11 Å². The van der Waals surface area contributed by atoms with Crippen LogP contribution >= 0.6 is 0 Å². The van der Waals surface area contributed by atoms with E-state index in [-0.39, 0.29) is 5.91 Å². The number of likely N-dealkylation sites (tertiary alicyclic amines) is 1. The summed E-state index contributed by atoms with van der Waals surface area (Å²) in [6.45, 7) is 1.68. The Morgan fingerprint density at radius 3 is 2.77 bits per heavy atom. The van der Waals surface area contributed by atoms with Gasteiger partial charge in [0, 0.05) is 36.9 Å². The predicted molar refractivity (Wildman–Crippen MR) is 83.0 cm³/mol. The summed E-state index contributed by atoms with van der Waals surface area (Å²) < 4.78 is 0. The molecule has 0 atom stereocenters. The molecule has 0 bridgehead atoms. The van der Waals surface area contributed by atoms with Gasteiger partial charge in [-0.2, -0.15) is 0 Å². The number of hydrogen-bond donors (Lipinski definition) is 3. The molecule has 116 valence electrons. The van der Waals surface area contributed by atoms with Gasteiger partial charge in [0.25, 0.3) is 5.91 Å². The Hall–Kier alpha value is -2.50. The highest BCUT2D eigenvalue weighted by atomic mass is 16.4. The van der Waals surface area contributed by atoms with Crippen molar-refractivity contribution in [3.05, 3.63) is 36.0 Å². The van der Waals surface area contributed by atoms with Gasteiger partial charge in [-0.15, -0.1) is 0 Å². The molecule has 2 amide bonds. The zero-order valence-corrected chi connectivity index (χ0v) is 12.2. The van der Waals surface area contributed by atoms with Crippen molar-refractivity contribution in [2.45, 2.75) is 12.8 Å². The third-order valence-electron chi connectivity index (χ3n) is 4.25. The molecule has 0 saturated carbocycles. The number of aromatic nitrogens is 1. The number of piperidine rings is 1. The molecule has 0 spiro atoms. The van der Waals surface area contributed by atoms with E-state index in [9.17, 15) is 9.59 Å². The average Bonchev–Trinajstić information content (AvgIpc) is 3.00. The van der Waals surface area contributed by atoms with Crippen LogP contribution in [0.25, 0.3) is 10.9 Å². The van der Waals surface area contributed by atoms with E-state index in [1.54, 1.807) is 0 Å². The second-order valence-corrected chi connectivity index (χ2v) is 5.70. The molecule has 22 heavy (non-hydrogen) atoms. The number of fused-ring (bicyclic) bond motifs is 1. The first-order valence-corrected chi connectivity index (χ1v) is 7.46. The van der Waals surface area contributed by atoms with Crippen LogP contribution in [0, 0.1) is 5.92 Å². The van der Waals surface area contributed by atoms with Crippen LogP contribution in [-0.4, -0.2) is 46.6 Å². The third kappa shape index (κ3) is 3.05. The summed E-state index contributed by atoms with van der Waals surface area (Å²) in [5.41, 5.74) is 1.58. The van der Waals surface area contributed by atoms with Gasteiger partial charge in [-0.25, -0.2) is 4.79 Å². The van der Waals surface area contributed by atoms with Gasteiger partial charge in [0.1, 0.15) is 0 Å². The largest absolute Gasteiger partial charge is 0.465 e.